The number of hydrogen-bond acceptors (Lipinski definition) is 3. The first-order chi connectivity index (χ1) is 9.49. The first-order valence-electron chi connectivity index (χ1n) is 5.47. The van der Waals surface area contributed by atoms with Gasteiger partial charge in [-0.1, -0.05) is 34.8 Å². The number of anilines is 1. The molecule has 1 heterocycles. The molecule has 2 aromatic rings. The van der Waals surface area contributed by atoms with Crippen LogP contribution in [0.4, 0.5) is 5.69 Å². The third-order valence-corrected chi connectivity index (χ3v) is 3.13. The van der Waals surface area contributed by atoms with Crippen molar-refractivity contribution in [1.82, 2.24) is 4.98 Å². The standard InChI is InChI=1S/C13H9Cl3N2O2/c1-20-10-6-8(2-3-9(10)14)17-13(19)7-4-11(15)18-12(16)5-7/h2-6H,1H3,(H,17,19). The van der Waals surface area contributed by atoms with Crippen molar-refractivity contribution in [1.29, 1.82) is 0 Å². The zero-order valence-corrected chi connectivity index (χ0v) is 12.6. The summed E-state index contributed by atoms with van der Waals surface area (Å²) in [5, 5.41) is 3.45. The summed E-state index contributed by atoms with van der Waals surface area (Å²) in [5.41, 5.74) is 0.851. The topological polar surface area (TPSA) is 51.2 Å². The summed E-state index contributed by atoms with van der Waals surface area (Å²) in [6, 6.07) is 7.76. The van der Waals surface area contributed by atoms with Crippen molar-refractivity contribution in [3.8, 4) is 5.75 Å². The molecule has 0 radical (unpaired) electrons. The average Bonchev–Trinajstić information content (AvgIpc) is 2.39. The minimum absolute atomic E-state index is 0.149. The van der Waals surface area contributed by atoms with Crippen molar-refractivity contribution in [2.75, 3.05) is 12.4 Å². The fourth-order valence-electron chi connectivity index (χ4n) is 1.54. The van der Waals surface area contributed by atoms with Crippen LogP contribution in [0.25, 0.3) is 0 Å². The number of halogens is 3. The Hall–Kier alpha value is -1.49. The molecule has 0 aliphatic rings. The second-order valence-electron chi connectivity index (χ2n) is 3.80. The third kappa shape index (κ3) is 3.54. The van der Waals surface area contributed by atoms with E-state index in [4.69, 9.17) is 39.5 Å². The summed E-state index contributed by atoms with van der Waals surface area (Å²) in [6.45, 7) is 0. The van der Waals surface area contributed by atoms with Crippen LogP contribution in [0.5, 0.6) is 5.75 Å². The van der Waals surface area contributed by atoms with Crippen molar-refractivity contribution < 1.29 is 9.53 Å². The molecule has 20 heavy (non-hydrogen) atoms. The van der Waals surface area contributed by atoms with Gasteiger partial charge in [-0.05, 0) is 24.3 Å². The molecule has 1 aromatic heterocycles. The molecule has 4 nitrogen and oxygen atoms in total. The molecule has 0 unspecified atom stereocenters. The molecule has 0 fully saturated rings. The van der Waals surface area contributed by atoms with Crippen LogP contribution in [0.2, 0.25) is 15.3 Å². The lowest BCUT2D eigenvalue weighted by molar-refractivity contribution is 0.102. The van der Waals surface area contributed by atoms with Crippen LogP contribution < -0.4 is 10.1 Å². The Morgan fingerprint density at radius 2 is 1.80 bits per heavy atom. The van der Waals surface area contributed by atoms with Gasteiger partial charge >= 0.3 is 0 Å². The zero-order valence-electron chi connectivity index (χ0n) is 10.3. The Morgan fingerprint density at radius 1 is 1.15 bits per heavy atom. The summed E-state index contributed by atoms with van der Waals surface area (Å²) >= 11 is 17.4. The monoisotopic (exact) mass is 330 g/mol. The van der Waals surface area contributed by atoms with Crippen LogP contribution in [-0.2, 0) is 0 Å². The van der Waals surface area contributed by atoms with E-state index in [1.807, 2.05) is 0 Å². The quantitative estimate of drug-likeness (QED) is 0.853. The molecule has 0 atom stereocenters. The summed E-state index contributed by atoms with van der Waals surface area (Å²) in [7, 11) is 1.50. The number of aromatic nitrogens is 1. The largest absolute Gasteiger partial charge is 0.495 e. The van der Waals surface area contributed by atoms with Gasteiger partial charge in [-0.25, -0.2) is 4.98 Å². The van der Waals surface area contributed by atoms with Crippen LogP contribution in [-0.4, -0.2) is 18.0 Å². The molecule has 0 bridgehead atoms. The number of nitrogens with one attached hydrogen (secondary N) is 1. The highest BCUT2D eigenvalue weighted by Crippen LogP contribution is 2.27. The molecular weight excluding hydrogens is 323 g/mol. The minimum atomic E-state index is -0.361. The molecule has 7 heteroatoms. The van der Waals surface area contributed by atoms with Crippen LogP contribution >= 0.6 is 34.8 Å². The summed E-state index contributed by atoms with van der Waals surface area (Å²) in [6.07, 6.45) is 0. The summed E-state index contributed by atoms with van der Waals surface area (Å²) < 4.78 is 5.08. The molecule has 0 aliphatic heterocycles. The number of benzene rings is 1. The maximum absolute atomic E-state index is 12.1. The molecule has 2 rings (SSSR count). The number of nitrogens with zero attached hydrogens (tertiary/aromatic N) is 1. The van der Waals surface area contributed by atoms with Crippen LogP contribution in [0.1, 0.15) is 10.4 Å². The Bertz CT molecular complexity index is 642. The van der Waals surface area contributed by atoms with E-state index in [2.05, 4.69) is 10.3 Å². The Morgan fingerprint density at radius 3 is 2.40 bits per heavy atom. The Kier molecular flexibility index (Phi) is 4.70. The Balaban J connectivity index is 2.23. The molecular formula is C13H9Cl3N2O2. The molecule has 104 valence electrons. The molecule has 0 saturated heterocycles. The van der Waals surface area contributed by atoms with E-state index in [0.717, 1.165) is 0 Å². The van der Waals surface area contributed by atoms with E-state index in [0.29, 0.717) is 22.0 Å². The van der Waals surface area contributed by atoms with Crippen LogP contribution in [0.3, 0.4) is 0 Å². The molecule has 0 spiro atoms. The van der Waals surface area contributed by atoms with Gasteiger partial charge in [0.1, 0.15) is 16.1 Å². The van der Waals surface area contributed by atoms with Gasteiger partial charge in [0.05, 0.1) is 12.1 Å². The highest BCUT2D eigenvalue weighted by atomic mass is 35.5. The predicted octanol–water partition coefficient (Wildman–Crippen LogP) is 4.30. The number of carbonyl (C=O) groups excluding carboxylic acids is 1. The van der Waals surface area contributed by atoms with Gasteiger partial charge in [0, 0.05) is 17.3 Å². The molecule has 0 saturated carbocycles. The fourth-order valence-corrected chi connectivity index (χ4v) is 2.19. The van der Waals surface area contributed by atoms with Gasteiger partial charge in [-0.15, -0.1) is 0 Å². The van der Waals surface area contributed by atoms with Gasteiger partial charge in [0.15, 0.2) is 0 Å². The third-order valence-electron chi connectivity index (χ3n) is 2.43. The number of amides is 1. The highest BCUT2D eigenvalue weighted by molar-refractivity contribution is 6.33. The normalized spacial score (nSPS) is 10.2. The molecule has 0 aliphatic carbocycles. The minimum Gasteiger partial charge on any atom is -0.495 e. The first-order valence-corrected chi connectivity index (χ1v) is 6.61. The zero-order chi connectivity index (χ0) is 14.7. The summed E-state index contributed by atoms with van der Waals surface area (Å²) in [5.74, 6) is 0.107. The van der Waals surface area contributed by atoms with Crippen molar-refractivity contribution in [2.45, 2.75) is 0 Å². The van der Waals surface area contributed by atoms with Gasteiger partial charge < -0.3 is 10.1 Å². The SMILES string of the molecule is COc1cc(NC(=O)c2cc(Cl)nc(Cl)c2)ccc1Cl. The van der Waals surface area contributed by atoms with E-state index in [9.17, 15) is 4.79 Å². The van der Waals surface area contributed by atoms with Gasteiger partial charge in [-0.2, -0.15) is 0 Å². The first kappa shape index (κ1) is 14.9. The smallest absolute Gasteiger partial charge is 0.255 e. The lowest BCUT2D eigenvalue weighted by atomic mass is 10.2. The second-order valence-corrected chi connectivity index (χ2v) is 4.99. The predicted molar refractivity (Wildman–Crippen MR) is 80.2 cm³/mol. The van der Waals surface area contributed by atoms with Crippen molar-refractivity contribution >= 4 is 46.4 Å². The van der Waals surface area contributed by atoms with Crippen LogP contribution in [0, 0.1) is 0 Å². The van der Waals surface area contributed by atoms with Crippen molar-refractivity contribution in [3.63, 3.8) is 0 Å². The average molecular weight is 332 g/mol. The van der Waals surface area contributed by atoms with E-state index < -0.39 is 0 Å². The number of ether oxygens (including phenoxy) is 1. The number of pyridine rings is 1. The lowest BCUT2D eigenvalue weighted by Gasteiger charge is -2.08. The van der Waals surface area contributed by atoms with E-state index in [1.165, 1.54) is 19.2 Å². The number of rotatable bonds is 3. The molecule has 1 N–H and O–H groups in total. The van der Waals surface area contributed by atoms with Gasteiger partial charge in [-0.3, -0.25) is 4.79 Å². The molecule has 1 amide bonds. The van der Waals surface area contributed by atoms with Crippen molar-refractivity contribution in [2.24, 2.45) is 0 Å². The van der Waals surface area contributed by atoms with E-state index in [1.54, 1.807) is 18.2 Å². The van der Waals surface area contributed by atoms with E-state index in [-0.39, 0.29) is 16.2 Å². The second kappa shape index (κ2) is 6.31. The maximum atomic E-state index is 12.1. The summed E-state index contributed by atoms with van der Waals surface area (Å²) in [4.78, 5) is 15.8. The highest BCUT2D eigenvalue weighted by Gasteiger charge is 2.10. The molecule has 1 aromatic carbocycles. The lowest BCUT2D eigenvalue weighted by Crippen LogP contribution is -2.12. The van der Waals surface area contributed by atoms with Crippen LogP contribution in [0.15, 0.2) is 30.3 Å². The van der Waals surface area contributed by atoms with E-state index >= 15 is 0 Å². The number of carbonyl (C=O) groups is 1. The maximum Gasteiger partial charge on any atom is 0.255 e. The number of hydrogen-bond donors (Lipinski definition) is 1. The van der Waals surface area contributed by atoms with Gasteiger partial charge in [0.25, 0.3) is 5.91 Å². The Labute approximate surface area is 130 Å². The number of methoxy groups -OCH3 is 1. The fraction of sp³-hybridized carbons (Fsp3) is 0.0769. The van der Waals surface area contributed by atoms with Gasteiger partial charge in [0.2, 0.25) is 0 Å². The van der Waals surface area contributed by atoms with Crippen molar-refractivity contribution in [3.05, 3.63) is 51.2 Å².